The van der Waals surface area contributed by atoms with Crippen molar-refractivity contribution in [1.82, 2.24) is 15.2 Å². The van der Waals surface area contributed by atoms with Gasteiger partial charge in [-0.25, -0.2) is 0 Å². The van der Waals surface area contributed by atoms with E-state index in [4.69, 9.17) is 0 Å². The fraction of sp³-hybridized carbons (Fsp3) is 0.500. The van der Waals surface area contributed by atoms with E-state index in [0.29, 0.717) is 12.0 Å². The maximum atomic E-state index is 4.43. The fourth-order valence-corrected chi connectivity index (χ4v) is 2.80. The highest BCUT2D eigenvalue weighted by molar-refractivity contribution is 5.81. The van der Waals surface area contributed by atoms with Crippen LogP contribution in [-0.4, -0.2) is 36.6 Å². The van der Waals surface area contributed by atoms with Crippen molar-refractivity contribution in [3.63, 3.8) is 0 Å². The molecule has 1 aromatic carbocycles. The first-order valence-corrected chi connectivity index (χ1v) is 7.77. The summed E-state index contributed by atoms with van der Waals surface area (Å²) in [5, 5.41) is 4.97. The van der Waals surface area contributed by atoms with Gasteiger partial charge in [0.1, 0.15) is 0 Å². The predicted molar refractivity (Wildman–Crippen MR) is 90.4 cm³/mol. The van der Waals surface area contributed by atoms with E-state index in [1.54, 1.807) is 0 Å². The van der Waals surface area contributed by atoms with Crippen LogP contribution in [0.3, 0.4) is 0 Å². The maximum absolute atomic E-state index is 4.43. The molecule has 0 aliphatic rings. The summed E-state index contributed by atoms with van der Waals surface area (Å²) in [6, 6.07) is 11.0. The van der Waals surface area contributed by atoms with Gasteiger partial charge in [-0.3, -0.25) is 4.98 Å². The van der Waals surface area contributed by atoms with Crippen LogP contribution in [0.25, 0.3) is 10.9 Å². The lowest BCUT2D eigenvalue weighted by Crippen LogP contribution is -2.38. The molecule has 3 heteroatoms. The molecule has 0 aliphatic carbocycles. The summed E-state index contributed by atoms with van der Waals surface area (Å²) in [6.45, 7) is 6.54. The van der Waals surface area contributed by atoms with Crippen LogP contribution in [0.2, 0.25) is 0 Å². The van der Waals surface area contributed by atoms with Gasteiger partial charge in [-0.2, -0.15) is 0 Å². The second kappa shape index (κ2) is 7.53. The van der Waals surface area contributed by atoms with E-state index in [9.17, 15) is 0 Å². The highest BCUT2D eigenvalue weighted by Crippen LogP contribution is 2.16. The van der Waals surface area contributed by atoms with Gasteiger partial charge in [0, 0.05) is 30.7 Å². The van der Waals surface area contributed by atoms with Crippen LogP contribution < -0.4 is 5.32 Å². The van der Waals surface area contributed by atoms with Crippen molar-refractivity contribution in [2.24, 2.45) is 5.92 Å². The van der Waals surface area contributed by atoms with Crippen molar-refractivity contribution in [3.05, 3.63) is 42.1 Å². The summed E-state index contributed by atoms with van der Waals surface area (Å²) in [6.07, 6.45) is 3.10. The Labute approximate surface area is 128 Å². The van der Waals surface area contributed by atoms with Crippen LogP contribution in [0.15, 0.2) is 36.5 Å². The Morgan fingerprint density at radius 3 is 2.62 bits per heavy atom. The molecule has 1 unspecified atom stereocenters. The predicted octanol–water partition coefficient (Wildman–Crippen LogP) is 3.30. The third-order valence-electron chi connectivity index (χ3n) is 3.66. The summed E-state index contributed by atoms with van der Waals surface area (Å²) >= 11 is 0. The molecule has 1 N–H and O–H groups in total. The lowest BCUT2D eigenvalue weighted by atomic mass is 10.0. The van der Waals surface area contributed by atoms with Crippen molar-refractivity contribution in [2.75, 3.05) is 20.6 Å². The van der Waals surface area contributed by atoms with E-state index < -0.39 is 0 Å². The first-order chi connectivity index (χ1) is 10.1. The number of rotatable bonds is 7. The zero-order chi connectivity index (χ0) is 15.2. The molecule has 0 bridgehead atoms. The second-order valence-electron chi connectivity index (χ2n) is 6.46. The van der Waals surface area contributed by atoms with E-state index in [2.05, 4.69) is 67.4 Å². The minimum absolute atomic E-state index is 0.520. The first kappa shape index (κ1) is 15.9. The number of hydrogen-bond acceptors (Lipinski definition) is 3. The van der Waals surface area contributed by atoms with E-state index in [1.165, 1.54) is 17.4 Å². The van der Waals surface area contributed by atoms with E-state index in [1.807, 2.05) is 12.3 Å². The molecule has 114 valence electrons. The van der Waals surface area contributed by atoms with Crippen molar-refractivity contribution in [3.8, 4) is 0 Å². The van der Waals surface area contributed by atoms with Crippen LogP contribution in [0.5, 0.6) is 0 Å². The molecule has 0 radical (unpaired) electrons. The van der Waals surface area contributed by atoms with E-state index in [0.717, 1.165) is 18.6 Å². The molecule has 0 amide bonds. The molecule has 2 aromatic rings. The number of nitrogens with one attached hydrogen (secondary N) is 1. The zero-order valence-corrected chi connectivity index (χ0v) is 13.6. The van der Waals surface area contributed by atoms with Crippen LogP contribution >= 0.6 is 0 Å². The van der Waals surface area contributed by atoms with Gasteiger partial charge in [0.2, 0.25) is 0 Å². The monoisotopic (exact) mass is 285 g/mol. The van der Waals surface area contributed by atoms with Gasteiger partial charge in [-0.15, -0.1) is 0 Å². The number of pyridine rings is 1. The lowest BCUT2D eigenvalue weighted by molar-refractivity contribution is 0.305. The van der Waals surface area contributed by atoms with Gasteiger partial charge in [-0.1, -0.05) is 32.0 Å². The lowest BCUT2D eigenvalue weighted by Gasteiger charge is -2.24. The van der Waals surface area contributed by atoms with Gasteiger partial charge in [0.05, 0.1) is 5.52 Å². The second-order valence-corrected chi connectivity index (χ2v) is 6.46. The molecule has 2 rings (SSSR count). The van der Waals surface area contributed by atoms with E-state index in [-0.39, 0.29) is 0 Å². The van der Waals surface area contributed by atoms with Crippen LogP contribution in [0.4, 0.5) is 0 Å². The SMILES string of the molecule is CC(C)CC(CN(C)C)NCc1ccnc2ccccc12. The van der Waals surface area contributed by atoms with Crippen molar-refractivity contribution in [2.45, 2.75) is 32.9 Å². The van der Waals surface area contributed by atoms with Crippen LogP contribution in [0, 0.1) is 5.92 Å². The number of fused-ring (bicyclic) bond motifs is 1. The number of para-hydroxylation sites is 1. The van der Waals surface area contributed by atoms with Gasteiger partial charge >= 0.3 is 0 Å². The molecule has 0 saturated carbocycles. The van der Waals surface area contributed by atoms with Crippen molar-refractivity contribution >= 4 is 10.9 Å². The van der Waals surface area contributed by atoms with Gasteiger partial charge < -0.3 is 10.2 Å². The summed E-state index contributed by atoms with van der Waals surface area (Å²) in [7, 11) is 4.27. The quantitative estimate of drug-likeness (QED) is 0.846. The first-order valence-electron chi connectivity index (χ1n) is 7.77. The summed E-state index contributed by atoms with van der Waals surface area (Å²) in [5.74, 6) is 0.705. The molecule has 0 saturated heterocycles. The minimum atomic E-state index is 0.520. The van der Waals surface area contributed by atoms with Gasteiger partial charge in [0.25, 0.3) is 0 Å². The average Bonchev–Trinajstić information content (AvgIpc) is 2.43. The number of likely N-dealkylation sites (N-methyl/N-ethyl adjacent to an activating group) is 1. The highest BCUT2D eigenvalue weighted by Gasteiger charge is 2.12. The van der Waals surface area contributed by atoms with Crippen LogP contribution in [-0.2, 0) is 6.54 Å². The molecular formula is C18H27N3. The normalized spacial score (nSPS) is 13.2. The molecule has 0 fully saturated rings. The minimum Gasteiger partial charge on any atom is -0.309 e. The van der Waals surface area contributed by atoms with Crippen molar-refractivity contribution in [1.29, 1.82) is 0 Å². The van der Waals surface area contributed by atoms with Crippen molar-refractivity contribution < 1.29 is 0 Å². The number of hydrogen-bond donors (Lipinski definition) is 1. The molecular weight excluding hydrogens is 258 g/mol. The third-order valence-corrected chi connectivity index (χ3v) is 3.66. The molecule has 1 atom stereocenters. The fourth-order valence-electron chi connectivity index (χ4n) is 2.80. The Kier molecular flexibility index (Phi) is 5.71. The number of aromatic nitrogens is 1. The van der Waals surface area contributed by atoms with Gasteiger partial charge in [0.15, 0.2) is 0 Å². The highest BCUT2D eigenvalue weighted by atomic mass is 15.1. The Morgan fingerprint density at radius 1 is 1.14 bits per heavy atom. The zero-order valence-electron chi connectivity index (χ0n) is 13.6. The maximum Gasteiger partial charge on any atom is 0.0705 e. The molecule has 3 nitrogen and oxygen atoms in total. The third kappa shape index (κ3) is 4.80. The average molecular weight is 285 g/mol. The number of benzene rings is 1. The van der Waals surface area contributed by atoms with E-state index >= 15 is 0 Å². The number of nitrogens with zero attached hydrogens (tertiary/aromatic N) is 2. The summed E-state index contributed by atoms with van der Waals surface area (Å²) in [4.78, 5) is 6.68. The largest absolute Gasteiger partial charge is 0.309 e. The Bertz CT molecular complexity index is 548. The van der Waals surface area contributed by atoms with Crippen LogP contribution in [0.1, 0.15) is 25.8 Å². The molecule has 1 aromatic heterocycles. The topological polar surface area (TPSA) is 28.2 Å². The summed E-state index contributed by atoms with van der Waals surface area (Å²) in [5.41, 5.74) is 2.40. The smallest absolute Gasteiger partial charge is 0.0705 e. The summed E-state index contributed by atoms with van der Waals surface area (Å²) < 4.78 is 0. The standard InChI is InChI=1S/C18H27N3/c1-14(2)11-16(13-21(3)4)20-12-15-9-10-19-18-8-6-5-7-17(15)18/h5-10,14,16,20H,11-13H2,1-4H3. The molecule has 0 aliphatic heterocycles. The molecule has 21 heavy (non-hydrogen) atoms. The Balaban J connectivity index is 2.08. The Hall–Kier alpha value is -1.45. The van der Waals surface area contributed by atoms with Gasteiger partial charge in [-0.05, 0) is 44.1 Å². The Morgan fingerprint density at radius 2 is 1.90 bits per heavy atom. The molecule has 1 heterocycles. The molecule has 0 spiro atoms.